The lowest BCUT2D eigenvalue weighted by molar-refractivity contribution is -0.385. The second kappa shape index (κ2) is 8.98. The summed E-state index contributed by atoms with van der Waals surface area (Å²) in [6.45, 7) is 0.723. The minimum absolute atomic E-state index is 0.0356. The summed E-state index contributed by atoms with van der Waals surface area (Å²) in [5.74, 6) is -1.09. The molecule has 0 bridgehead atoms. The fourth-order valence-corrected chi connectivity index (χ4v) is 3.02. The van der Waals surface area contributed by atoms with Crippen molar-refractivity contribution in [2.45, 2.75) is 18.9 Å². The molecular formula is C20H20N2O6. The number of hydrogen-bond acceptors (Lipinski definition) is 6. The fourth-order valence-electron chi connectivity index (χ4n) is 3.02. The molecule has 0 spiro atoms. The number of esters is 1. The number of ether oxygens (including phenoxy) is 2. The van der Waals surface area contributed by atoms with Gasteiger partial charge in [-0.15, -0.1) is 0 Å². The molecule has 8 heteroatoms. The molecule has 0 unspecified atom stereocenters. The van der Waals surface area contributed by atoms with E-state index < -0.39 is 23.6 Å². The number of likely N-dealkylation sites (tertiary alicyclic amines) is 1. The van der Waals surface area contributed by atoms with Crippen LogP contribution in [0, 0.1) is 10.1 Å². The van der Waals surface area contributed by atoms with Gasteiger partial charge in [-0.1, -0.05) is 42.5 Å². The van der Waals surface area contributed by atoms with Crippen LogP contribution in [-0.4, -0.2) is 41.4 Å². The van der Waals surface area contributed by atoms with E-state index in [1.165, 1.54) is 18.2 Å². The SMILES string of the molecule is O=C(COc1ccccc1[N+](=O)[O-])O[C@H](C(=O)N1CCCC1)c1ccccc1. The van der Waals surface area contributed by atoms with Crippen LogP contribution in [0.25, 0.3) is 0 Å². The molecule has 1 aliphatic rings. The normalized spacial score (nSPS) is 14.4. The van der Waals surface area contributed by atoms with Crippen molar-refractivity contribution in [2.75, 3.05) is 19.7 Å². The molecule has 1 amide bonds. The zero-order chi connectivity index (χ0) is 19.9. The van der Waals surface area contributed by atoms with Crippen LogP contribution in [0.1, 0.15) is 24.5 Å². The third-order valence-corrected chi connectivity index (χ3v) is 4.40. The van der Waals surface area contributed by atoms with Crippen molar-refractivity contribution in [1.82, 2.24) is 4.90 Å². The topological polar surface area (TPSA) is 99.0 Å². The van der Waals surface area contributed by atoms with Crippen molar-refractivity contribution < 1.29 is 24.0 Å². The molecule has 0 aromatic heterocycles. The van der Waals surface area contributed by atoms with Crippen LogP contribution in [0.5, 0.6) is 5.75 Å². The Bertz CT molecular complexity index is 849. The molecule has 1 saturated heterocycles. The first-order chi connectivity index (χ1) is 13.6. The summed E-state index contributed by atoms with van der Waals surface area (Å²) in [6.07, 6.45) is 0.769. The van der Waals surface area contributed by atoms with Gasteiger partial charge in [0.2, 0.25) is 6.10 Å². The summed E-state index contributed by atoms with van der Waals surface area (Å²) in [6, 6.07) is 14.5. The van der Waals surface area contributed by atoms with Gasteiger partial charge in [-0.25, -0.2) is 4.79 Å². The molecule has 2 aromatic carbocycles. The van der Waals surface area contributed by atoms with E-state index in [1.54, 1.807) is 41.3 Å². The zero-order valence-electron chi connectivity index (χ0n) is 15.2. The van der Waals surface area contributed by atoms with Crippen LogP contribution < -0.4 is 4.74 Å². The Kier molecular flexibility index (Phi) is 6.21. The minimum atomic E-state index is -1.07. The van der Waals surface area contributed by atoms with Crippen molar-refractivity contribution in [1.29, 1.82) is 0 Å². The molecular weight excluding hydrogens is 364 g/mol. The minimum Gasteiger partial charge on any atom is -0.475 e. The molecule has 1 atom stereocenters. The summed E-state index contributed by atoms with van der Waals surface area (Å²) >= 11 is 0. The van der Waals surface area contributed by atoms with Crippen LogP contribution in [0.2, 0.25) is 0 Å². The van der Waals surface area contributed by atoms with Crippen LogP contribution in [0.3, 0.4) is 0 Å². The van der Waals surface area contributed by atoms with Crippen LogP contribution in [0.4, 0.5) is 5.69 Å². The number of carbonyl (C=O) groups is 2. The Morgan fingerprint density at radius 1 is 1.04 bits per heavy atom. The van der Waals surface area contributed by atoms with Gasteiger partial charge in [0.05, 0.1) is 4.92 Å². The first kappa shape index (κ1) is 19.3. The molecule has 0 N–H and O–H groups in total. The lowest BCUT2D eigenvalue weighted by atomic mass is 10.1. The first-order valence-corrected chi connectivity index (χ1v) is 8.95. The Morgan fingerprint density at radius 3 is 2.36 bits per heavy atom. The summed E-state index contributed by atoms with van der Waals surface area (Å²) < 4.78 is 10.7. The summed E-state index contributed by atoms with van der Waals surface area (Å²) in [4.78, 5) is 37.2. The number of nitro benzene ring substituents is 1. The molecule has 1 heterocycles. The third-order valence-electron chi connectivity index (χ3n) is 4.40. The van der Waals surface area contributed by atoms with Crippen molar-refractivity contribution in [3.05, 3.63) is 70.3 Å². The van der Waals surface area contributed by atoms with E-state index in [0.717, 1.165) is 12.8 Å². The number of nitrogens with zero attached hydrogens (tertiary/aromatic N) is 2. The number of carbonyl (C=O) groups excluding carboxylic acids is 2. The number of hydrogen-bond donors (Lipinski definition) is 0. The fraction of sp³-hybridized carbons (Fsp3) is 0.300. The predicted molar refractivity (Wildman–Crippen MR) is 99.7 cm³/mol. The van der Waals surface area contributed by atoms with E-state index >= 15 is 0 Å². The zero-order valence-corrected chi connectivity index (χ0v) is 15.2. The maximum absolute atomic E-state index is 12.8. The smallest absolute Gasteiger partial charge is 0.345 e. The largest absolute Gasteiger partial charge is 0.475 e. The third kappa shape index (κ3) is 4.64. The summed E-state index contributed by atoms with van der Waals surface area (Å²) in [7, 11) is 0. The molecule has 28 heavy (non-hydrogen) atoms. The molecule has 8 nitrogen and oxygen atoms in total. The molecule has 1 aliphatic heterocycles. The van der Waals surface area contributed by atoms with E-state index in [1.807, 2.05) is 0 Å². The molecule has 1 fully saturated rings. The monoisotopic (exact) mass is 384 g/mol. The molecule has 2 aromatic rings. The number of benzene rings is 2. The predicted octanol–water partition coefficient (Wildman–Crippen LogP) is 2.88. The maximum atomic E-state index is 12.8. The molecule has 0 radical (unpaired) electrons. The van der Waals surface area contributed by atoms with Gasteiger partial charge < -0.3 is 14.4 Å². The second-order valence-electron chi connectivity index (χ2n) is 6.33. The lowest BCUT2D eigenvalue weighted by Crippen LogP contribution is -2.35. The Morgan fingerprint density at radius 2 is 1.68 bits per heavy atom. The van der Waals surface area contributed by atoms with Gasteiger partial charge in [-0.2, -0.15) is 0 Å². The second-order valence-corrected chi connectivity index (χ2v) is 6.33. The van der Waals surface area contributed by atoms with Crippen LogP contribution in [0.15, 0.2) is 54.6 Å². The Hall–Kier alpha value is -3.42. The van der Waals surface area contributed by atoms with Crippen molar-refractivity contribution in [3.8, 4) is 5.75 Å². The summed E-state index contributed by atoms with van der Waals surface area (Å²) in [5.41, 5.74) is 0.321. The average Bonchev–Trinajstić information content (AvgIpc) is 3.25. The molecule has 0 saturated carbocycles. The lowest BCUT2D eigenvalue weighted by Gasteiger charge is -2.23. The van der Waals surface area contributed by atoms with Crippen molar-refractivity contribution in [2.24, 2.45) is 0 Å². The van der Waals surface area contributed by atoms with Gasteiger partial charge in [-0.05, 0) is 18.9 Å². The maximum Gasteiger partial charge on any atom is 0.345 e. The molecule has 146 valence electrons. The quantitative estimate of drug-likeness (QED) is 0.413. The van der Waals surface area contributed by atoms with Crippen molar-refractivity contribution >= 4 is 17.6 Å². The van der Waals surface area contributed by atoms with E-state index in [4.69, 9.17) is 9.47 Å². The highest BCUT2D eigenvalue weighted by molar-refractivity contribution is 5.85. The van der Waals surface area contributed by atoms with Gasteiger partial charge in [0.15, 0.2) is 12.4 Å². The Labute approximate surface area is 161 Å². The van der Waals surface area contributed by atoms with E-state index in [0.29, 0.717) is 18.7 Å². The van der Waals surface area contributed by atoms with Crippen LogP contribution >= 0.6 is 0 Å². The van der Waals surface area contributed by atoms with Crippen molar-refractivity contribution in [3.63, 3.8) is 0 Å². The number of amides is 1. The highest BCUT2D eigenvalue weighted by Crippen LogP contribution is 2.26. The van der Waals surface area contributed by atoms with Gasteiger partial charge in [0.25, 0.3) is 5.91 Å². The van der Waals surface area contributed by atoms with E-state index in [9.17, 15) is 19.7 Å². The van der Waals surface area contributed by atoms with Gasteiger partial charge in [0.1, 0.15) is 0 Å². The first-order valence-electron chi connectivity index (χ1n) is 8.95. The Balaban J connectivity index is 1.69. The van der Waals surface area contributed by atoms with Crippen LogP contribution in [-0.2, 0) is 14.3 Å². The van der Waals surface area contributed by atoms with Gasteiger partial charge in [0, 0.05) is 24.7 Å². The van der Waals surface area contributed by atoms with Gasteiger partial charge in [-0.3, -0.25) is 14.9 Å². The highest BCUT2D eigenvalue weighted by atomic mass is 16.6. The highest BCUT2D eigenvalue weighted by Gasteiger charge is 2.31. The van der Waals surface area contributed by atoms with E-state index in [2.05, 4.69) is 0 Å². The number of nitro groups is 1. The van der Waals surface area contributed by atoms with Gasteiger partial charge >= 0.3 is 11.7 Å². The molecule has 3 rings (SSSR count). The average molecular weight is 384 g/mol. The summed E-state index contributed by atoms with van der Waals surface area (Å²) in [5, 5.41) is 11.0. The number of para-hydroxylation sites is 2. The standard InChI is InChI=1S/C20H20N2O6/c23-18(14-27-17-11-5-4-10-16(17)22(25)26)28-19(15-8-2-1-3-9-15)20(24)21-12-6-7-13-21/h1-5,8-11,19H,6-7,12-14H2/t19-/m0/s1. The number of rotatable bonds is 7. The molecule has 0 aliphatic carbocycles. The van der Waals surface area contributed by atoms with E-state index in [-0.39, 0.29) is 17.3 Å².